The molecule has 7 heteroatoms. The molecule has 1 aromatic carbocycles. The molecule has 1 fully saturated rings. The number of furan rings is 1. The summed E-state index contributed by atoms with van der Waals surface area (Å²) in [5, 5.41) is 22.1. The molecule has 1 atom stereocenters. The maximum Gasteiger partial charge on any atom is 0.251 e. The third-order valence-electron chi connectivity index (χ3n) is 6.31. The monoisotopic (exact) mass is 439 g/mol. The summed E-state index contributed by atoms with van der Waals surface area (Å²) in [4.78, 5) is 17.8. The van der Waals surface area contributed by atoms with Gasteiger partial charge in [0.1, 0.15) is 5.82 Å². The van der Waals surface area contributed by atoms with E-state index in [1.165, 1.54) is 19.3 Å². The molecule has 0 aliphatic heterocycles. The Bertz CT molecular complexity index is 1030. The van der Waals surface area contributed by atoms with Crippen molar-refractivity contribution in [3.63, 3.8) is 0 Å². The first kappa shape index (κ1) is 22.6. The van der Waals surface area contributed by atoms with Crippen LogP contribution in [0.15, 0.2) is 41.2 Å². The fourth-order valence-corrected chi connectivity index (χ4v) is 4.75. The molecule has 2 aromatic heterocycles. The second-order valence-corrected chi connectivity index (χ2v) is 9.32. The van der Waals surface area contributed by atoms with Crippen molar-refractivity contribution in [1.82, 2.24) is 14.9 Å². The van der Waals surface area contributed by atoms with E-state index in [-0.39, 0.29) is 11.8 Å². The Hall–Kier alpha value is -2.64. The maximum atomic E-state index is 12.9. The highest BCUT2D eigenvalue weighted by Gasteiger charge is 2.24. The van der Waals surface area contributed by atoms with Gasteiger partial charge in [-0.15, -0.1) is 0 Å². The van der Waals surface area contributed by atoms with Crippen LogP contribution in [0.1, 0.15) is 80.2 Å². The van der Waals surface area contributed by atoms with Gasteiger partial charge in [-0.3, -0.25) is 4.79 Å². The minimum Gasteiger partial charge on any atom is -0.472 e. The largest absolute Gasteiger partial charge is 0.472 e. The van der Waals surface area contributed by atoms with Crippen LogP contribution in [0.25, 0.3) is 11.0 Å². The van der Waals surface area contributed by atoms with Crippen LogP contribution in [0.3, 0.4) is 0 Å². The number of hydrogen-bond acceptors (Lipinski definition) is 5. The second-order valence-electron chi connectivity index (χ2n) is 9.32. The smallest absolute Gasteiger partial charge is 0.251 e. The number of hydrogen-bond donors (Lipinski definition) is 3. The van der Waals surface area contributed by atoms with E-state index in [1.54, 1.807) is 24.7 Å². The standard InChI is InChI=1S/C25H33N3O4/c1-16(2)12-21(25(30)31)27-24(29)18-8-9-22-20(14-18)26-23(13-17-10-11-32-15-17)28(22)19-6-4-3-5-7-19/h8-11,14-16,19,21,25,30-31H,3-7,12-13H2,1-2H3,(H,27,29). The summed E-state index contributed by atoms with van der Waals surface area (Å²) in [7, 11) is 0. The zero-order chi connectivity index (χ0) is 22.7. The Kier molecular flexibility index (Phi) is 6.96. The van der Waals surface area contributed by atoms with Gasteiger partial charge in [-0.05, 0) is 55.0 Å². The van der Waals surface area contributed by atoms with Gasteiger partial charge >= 0.3 is 0 Å². The number of aliphatic hydroxyl groups excluding tert-OH is 1. The highest BCUT2D eigenvalue weighted by atomic mass is 16.5. The predicted molar refractivity (Wildman–Crippen MR) is 122 cm³/mol. The van der Waals surface area contributed by atoms with Crippen LogP contribution in [0.5, 0.6) is 0 Å². The summed E-state index contributed by atoms with van der Waals surface area (Å²) in [6, 6.07) is 7.23. The fourth-order valence-electron chi connectivity index (χ4n) is 4.75. The molecule has 0 saturated heterocycles. The van der Waals surface area contributed by atoms with E-state index in [0.29, 0.717) is 24.4 Å². The number of fused-ring (bicyclic) bond motifs is 1. The fraction of sp³-hybridized carbons (Fsp3) is 0.520. The topological polar surface area (TPSA) is 101 Å². The third-order valence-corrected chi connectivity index (χ3v) is 6.31. The van der Waals surface area contributed by atoms with Crippen molar-refractivity contribution in [1.29, 1.82) is 0 Å². The lowest BCUT2D eigenvalue weighted by atomic mass is 9.95. The molecule has 172 valence electrons. The quantitative estimate of drug-likeness (QED) is 0.457. The number of amides is 1. The van der Waals surface area contributed by atoms with Crippen LogP contribution in [-0.4, -0.2) is 38.0 Å². The molecule has 0 bridgehead atoms. The van der Waals surface area contributed by atoms with E-state index in [9.17, 15) is 15.0 Å². The summed E-state index contributed by atoms with van der Waals surface area (Å²) >= 11 is 0. The number of aromatic nitrogens is 2. The van der Waals surface area contributed by atoms with E-state index in [0.717, 1.165) is 35.3 Å². The minimum atomic E-state index is -1.60. The first-order chi connectivity index (χ1) is 15.4. The second kappa shape index (κ2) is 9.88. The molecule has 1 amide bonds. The Morgan fingerprint density at radius 3 is 2.66 bits per heavy atom. The number of aliphatic hydroxyl groups is 2. The zero-order valence-corrected chi connectivity index (χ0v) is 18.8. The van der Waals surface area contributed by atoms with Gasteiger partial charge in [0.2, 0.25) is 0 Å². The van der Waals surface area contributed by atoms with Crippen LogP contribution in [0.4, 0.5) is 0 Å². The molecule has 1 unspecified atom stereocenters. The van der Waals surface area contributed by atoms with Gasteiger partial charge in [-0.1, -0.05) is 33.1 Å². The molecule has 0 radical (unpaired) electrons. The molecule has 1 saturated carbocycles. The summed E-state index contributed by atoms with van der Waals surface area (Å²) in [5.74, 6) is 0.879. The number of carbonyl (C=O) groups is 1. The zero-order valence-electron chi connectivity index (χ0n) is 18.8. The first-order valence-corrected chi connectivity index (χ1v) is 11.6. The molecule has 7 nitrogen and oxygen atoms in total. The first-order valence-electron chi connectivity index (χ1n) is 11.6. The number of imidazole rings is 1. The molecule has 3 aromatic rings. The minimum absolute atomic E-state index is 0.223. The number of nitrogens with zero attached hydrogens (tertiary/aromatic N) is 2. The number of nitrogens with one attached hydrogen (secondary N) is 1. The Balaban J connectivity index is 1.65. The van der Waals surface area contributed by atoms with Gasteiger partial charge in [0.25, 0.3) is 5.91 Å². The molecule has 0 spiro atoms. The van der Waals surface area contributed by atoms with E-state index in [2.05, 4.69) is 9.88 Å². The molecule has 2 heterocycles. The normalized spacial score (nSPS) is 16.2. The van der Waals surface area contributed by atoms with Crippen molar-refractivity contribution in [3.05, 3.63) is 53.7 Å². The van der Waals surface area contributed by atoms with Crippen molar-refractivity contribution in [2.75, 3.05) is 0 Å². The van der Waals surface area contributed by atoms with Gasteiger partial charge in [-0.25, -0.2) is 4.98 Å². The lowest BCUT2D eigenvalue weighted by Gasteiger charge is -2.25. The molecule has 1 aliphatic rings. The van der Waals surface area contributed by atoms with Crippen LogP contribution in [-0.2, 0) is 6.42 Å². The summed E-state index contributed by atoms with van der Waals surface area (Å²) in [6.45, 7) is 3.96. The Labute approximate surface area is 188 Å². The van der Waals surface area contributed by atoms with Crippen LogP contribution >= 0.6 is 0 Å². The van der Waals surface area contributed by atoms with Crippen molar-refractivity contribution >= 4 is 16.9 Å². The van der Waals surface area contributed by atoms with Crippen molar-refractivity contribution < 1.29 is 19.4 Å². The number of rotatable bonds is 8. The molecule has 1 aliphatic carbocycles. The molecule has 32 heavy (non-hydrogen) atoms. The molecule has 3 N–H and O–H groups in total. The van der Waals surface area contributed by atoms with E-state index in [4.69, 9.17) is 9.40 Å². The van der Waals surface area contributed by atoms with Gasteiger partial charge in [0.15, 0.2) is 6.29 Å². The summed E-state index contributed by atoms with van der Waals surface area (Å²) in [5.41, 5.74) is 3.36. The van der Waals surface area contributed by atoms with Gasteiger partial charge in [0, 0.05) is 18.0 Å². The molecular formula is C25H33N3O4. The van der Waals surface area contributed by atoms with Crippen LogP contribution in [0.2, 0.25) is 0 Å². The highest BCUT2D eigenvalue weighted by Crippen LogP contribution is 2.33. The summed E-state index contributed by atoms with van der Waals surface area (Å²) in [6.07, 6.45) is 8.97. The highest BCUT2D eigenvalue weighted by molar-refractivity contribution is 5.97. The van der Waals surface area contributed by atoms with E-state index in [1.807, 2.05) is 26.0 Å². The summed E-state index contributed by atoms with van der Waals surface area (Å²) < 4.78 is 7.60. The van der Waals surface area contributed by atoms with Crippen molar-refractivity contribution in [2.45, 2.75) is 77.2 Å². The average molecular weight is 440 g/mol. The van der Waals surface area contributed by atoms with Gasteiger partial charge in [-0.2, -0.15) is 0 Å². The number of benzene rings is 1. The Morgan fingerprint density at radius 1 is 1.22 bits per heavy atom. The molecule has 4 rings (SSSR count). The van der Waals surface area contributed by atoms with Crippen molar-refractivity contribution in [3.8, 4) is 0 Å². The SMILES string of the molecule is CC(C)CC(NC(=O)c1ccc2c(c1)nc(Cc1ccoc1)n2C1CCCCC1)C(O)O. The predicted octanol–water partition coefficient (Wildman–Crippen LogP) is 4.18. The Morgan fingerprint density at radius 2 is 2.00 bits per heavy atom. The van der Waals surface area contributed by atoms with Gasteiger partial charge in [0.05, 0.1) is 29.6 Å². The number of carbonyl (C=O) groups excluding carboxylic acids is 1. The van der Waals surface area contributed by atoms with Gasteiger partial charge < -0.3 is 24.5 Å². The third kappa shape index (κ3) is 5.05. The lowest BCUT2D eigenvalue weighted by molar-refractivity contribution is -0.0690. The van der Waals surface area contributed by atoms with Crippen LogP contribution < -0.4 is 5.32 Å². The van der Waals surface area contributed by atoms with E-state index < -0.39 is 12.3 Å². The maximum absolute atomic E-state index is 12.9. The molecular weight excluding hydrogens is 406 g/mol. The van der Waals surface area contributed by atoms with E-state index >= 15 is 0 Å². The van der Waals surface area contributed by atoms with Crippen LogP contribution in [0, 0.1) is 5.92 Å². The lowest BCUT2D eigenvalue weighted by Crippen LogP contribution is -2.44. The average Bonchev–Trinajstić information content (AvgIpc) is 3.40. The van der Waals surface area contributed by atoms with Crippen molar-refractivity contribution in [2.24, 2.45) is 5.92 Å².